The molecule has 0 aromatic carbocycles. The SMILES string of the molecule is Cc1cc(S(=O)(=O)N(Cc2cccs2)C2CC2)sc1CCl. The Hall–Kier alpha value is -0.400. The summed E-state index contributed by atoms with van der Waals surface area (Å²) >= 11 is 8.76. The molecule has 1 fully saturated rings. The van der Waals surface area contributed by atoms with Crippen molar-refractivity contribution >= 4 is 44.3 Å². The van der Waals surface area contributed by atoms with E-state index in [1.807, 2.05) is 24.4 Å². The van der Waals surface area contributed by atoms with E-state index in [9.17, 15) is 8.42 Å². The molecule has 2 heterocycles. The zero-order valence-corrected chi connectivity index (χ0v) is 14.8. The van der Waals surface area contributed by atoms with Crippen molar-refractivity contribution in [3.05, 3.63) is 38.9 Å². The summed E-state index contributed by atoms with van der Waals surface area (Å²) in [5, 5.41) is 1.98. The topological polar surface area (TPSA) is 37.4 Å². The van der Waals surface area contributed by atoms with E-state index in [0.29, 0.717) is 16.6 Å². The molecule has 1 aliphatic carbocycles. The molecule has 0 unspecified atom stereocenters. The molecule has 0 bridgehead atoms. The van der Waals surface area contributed by atoms with Gasteiger partial charge < -0.3 is 0 Å². The van der Waals surface area contributed by atoms with Crippen molar-refractivity contribution in [3.8, 4) is 0 Å². The number of aryl methyl sites for hydroxylation is 1. The molecule has 114 valence electrons. The molecule has 0 atom stereocenters. The van der Waals surface area contributed by atoms with Gasteiger partial charge in [-0.1, -0.05) is 6.07 Å². The lowest BCUT2D eigenvalue weighted by Crippen LogP contribution is -2.31. The molecule has 3 rings (SSSR count). The second-order valence-corrected chi connectivity index (χ2v) is 9.72. The minimum absolute atomic E-state index is 0.152. The molecule has 3 nitrogen and oxygen atoms in total. The van der Waals surface area contributed by atoms with Gasteiger partial charge in [-0.3, -0.25) is 0 Å². The molecular weight excluding hydrogens is 346 g/mol. The van der Waals surface area contributed by atoms with Crippen molar-refractivity contribution < 1.29 is 8.42 Å². The van der Waals surface area contributed by atoms with Gasteiger partial charge in [-0.2, -0.15) is 4.31 Å². The number of hydrogen-bond donors (Lipinski definition) is 0. The molecule has 21 heavy (non-hydrogen) atoms. The summed E-state index contributed by atoms with van der Waals surface area (Å²) in [6.45, 7) is 2.38. The van der Waals surface area contributed by atoms with Crippen LogP contribution in [0, 0.1) is 6.92 Å². The number of sulfonamides is 1. The van der Waals surface area contributed by atoms with E-state index in [0.717, 1.165) is 28.2 Å². The lowest BCUT2D eigenvalue weighted by Gasteiger charge is -2.20. The number of halogens is 1. The lowest BCUT2D eigenvalue weighted by atomic mass is 10.3. The highest BCUT2D eigenvalue weighted by Crippen LogP contribution is 2.37. The van der Waals surface area contributed by atoms with Crippen molar-refractivity contribution in [3.63, 3.8) is 0 Å². The maximum Gasteiger partial charge on any atom is 0.253 e. The lowest BCUT2D eigenvalue weighted by molar-refractivity contribution is 0.403. The van der Waals surface area contributed by atoms with E-state index in [2.05, 4.69) is 0 Å². The summed E-state index contributed by atoms with van der Waals surface area (Å²) in [6.07, 6.45) is 1.91. The molecule has 0 aliphatic heterocycles. The Morgan fingerprint density at radius 3 is 2.71 bits per heavy atom. The van der Waals surface area contributed by atoms with Crippen LogP contribution in [0.1, 0.15) is 28.2 Å². The maximum atomic E-state index is 12.9. The third kappa shape index (κ3) is 3.19. The molecule has 1 saturated carbocycles. The third-order valence-electron chi connectivity index (χ3n) is 3.53. The van der Waals surface area contributed by atoms with Crippen LogP contribution >= 0.6 is 34.3 Å². The molecule has 0 spiro atoms. The summed E-state index contributed by atoms with van der Waals surface area (Å²) in [7, 11) is -3.43. The average Bonchev–Trinajstić information content (AvgIpc) is 3.00. The Bertz CT molecular complexity index is 717. The number of rotatable bonds is 6. The predicted molar refractivity (Wildman–Crippen MR) is 88.7 cm³/mol. The van der Waals surface area contributed by atoms with Gasteiger partial charge in [0.1, 0.15) is 4.21 Å². The third-order valence-corrected chi connectivity index (χ3v) is 8.40. The zero-order chi connectivity index (χ0) is 15.0. The van der Waals surface area contributed by atoms with Crippen molar-refractivity contribution in [2.24, 2.45) is 0 Å². The van der Waals surface area contributed by atoms with Gasteiger partial charge in [0.2, 0.25) is 0 Å². The minimum atomic E-state index is -3.43. The van der Waals surface area contributed by atoms with Crippen LogP contribution in [-0.4, -0.2) is 18.8 Å². The largest absolute Gasteiger partial charge is 0.253 e. The Kier molecular flexibility index (Phi) is 4.43. The van der Waals surface area contributed by atoms with Gasteiger partial charge in [-0.25, -0.2) is 8.42 Å². The van der Waals surface area contributed by atoms with E-state index in [-0.39, 0.29) is 6.04 Å². The highest BCUT2D eigenvalue weighted by atomic mass is 35.5. The smallest absolute Gasteiger partial charge is 0.206 e. The van der Waals surface area contributed by atoms with Gasteiger partial charge in [-0.05, 0) is 42.8 Å². The van der Waals surface area contributed by atoms with Gasteiger partial charge in [0.05, 0.1) is 5.88 Å². The van der Waals surface area contributed by atoms with Crippen LogP contribution in [-0.2, 0) is 22.4 Å². The standard InChI is InChI=1S/C14H16ClNO2S3/c1-10-7-14(20-13(10)8-15)21(17,18)16(11-4-5-11)9-12-3-2-6-19-12/h2-3,6-7,11H,4-5,8-9H2,1H3. The van der Waals surface area contributed by atoms with Crippen molar-refractivity contribution in [2.75, 3.05) is 0 Å². The van der Waals surface area contributed by atoms with Crippen molar-refractivity contribution in [1.29, 1.82) is 0 Å². The molecule has 0 saturated heterocycles. The van der Waals surface area contributed by atoms with E-state index < -0.39 is 10.0 Å². The zero-order valence-electron chi connectivity index (χ0n) is 11.6. The van der Waals surface area contributed by atoms with Crippen LogP contribution in [0.5, 0.6) is 0 Å². The average molecular weight is 362 g/mol. The fourth-order valence-corrected chi connectivity index (χ4v) is 6.58. The molecule has 2 aromatic rings. The molecule has 1 aliphatic rings. The van der Waals surface area contributed by atoms with Gasteiger partial charge in [0.25, 0.3) is 10.0 Å². The Morgan fingerprint density at radius 2 is 2.19 bits per heavy atom. The van der Waals surface area contributed by atoms with Crippen LogP contribution in [0.25, 0.3) is 0 Å². The van der Waals surface area contributed by atoms with Crippen LogP contribution in [0.4, 0.5) is 0 Å². The number of thiophene rings is 2. The monoisotopic (exact) mass is 361 g/mol. The van der Waals surface area contributed by atoms with Gasteiger partial charge >= 0.3 is 0 Å². The Balaban J connectivity index is 1.93. The second-order valence-electron chi connectivity index (χ2n) is 5.17. The minimum Gasteiger partial charge on any atom is -0.206 e. The van der Waals surface area contributed by atoms with Crippen LogP contribution in [0.15, 0.2) is 27.8 Å². The summed E-state index contributed by atoms with van der Waals surface area (Å²) < 4.78 is 27.9. The maximum absolute atomic E-state index is 12.9. The first-order valence-corrected chi connectivity index (χ1v) is 10.4. The number of alkyl halides is 1. The fraction of sp³-hybridized carbons (Fsp3) is 0.429. The molecule has 7 heteroatoms. The molecule has 0 N–H and O–H groups in total. The Labute approximate surface area is 138 Å². The van der Waals surface area contributed by atoms with Crippen molar-refractivity contribution in [2.45, 2.75) is 42.4 Å². The Morgan fingerprint density at radius 1 is 1.43 bits per heavy atom. The second kappa shape index (κ2) is 6.01. The van der Waals surface area contributed by atoms with E-state index >= 15 is 0 Å². The molecule has 2 aromatic heterocycles. The summed E-state index contributed by atoms with van der Waals surface area (Å²) in [5.74, 6) is 0.361. The first-order chi connectivity index (χ1) is 10.0. The van der Waals surface area contributed by atoms with E-state index in [1.54, 1.807) is 21.7 Å². The first-order valence-electron chi connectivity index (χ1n) is 6.72. The molecular formula is C14H16ClNO2S3. The normalized spacial score (nSPS) is 15.8. The number of nitrogens with zero attached hydrogens (tertiary/aromatic N) is 1. The summed E-state index contributed by atoms with van der Waals surface area (Å²) in [5.41, 5.74) is 0.959. The summed E-state index contributed by atoms with van der Waals surface area (Å²) in [4.78, 5) is 2.01. The van der Waals surface area contributed by atoms with Gasteiger partial charge in [0.15, 0.2) is 0 Å². The van der Waals surface area contributed by atoms with Crippen LogP contribution in [0.2, 0.25) is 0 Å². The number of hydrogen-bond acceptors (Lipinski definition) is 4. The highest BCUT2D eigenvalue weighted by molar-refractivity contribution is 7.91. The summed E-state index contributed by atoms with van der Waals surface area (Å²) in [6, 6.07) is 5.85. The highest BCUT2D eigenvalue weighted by Gasteiger charge is 2.39. The molecule has 0 radical (unpaired) electrons. The quantitative estimate of drug-likeness (QED) is 0.723. The van der Waals surface area contributed by atoms with E-state index in [4.69, 9.17) is 11.6 Å². The van der Waals surface area contributed by atoms with Crippen molar-refractivity contribution in [1.82, 2.24) is 4.31 Å². The van der Waals surface area contributed by atoms with Crippen LogP contribution < -0.4 is 0 Å². The first kappa shape index (κ1) is 15.5. The fourth-order valence-electron chi connectivity index (χ4n) is 2.19. The van der Waals surface area contributed by atoms with Crippen LogP contribution in [0.3, 0.4) is 0 Å². The van der Waals surface area contributed by atoms with E-state index in [1.165, 1.54) is 11.3 Å². The predicted octanol–water partition coefficient (Wildman–Crippen LogP) is 4.21. The van der Waals surface area contributed by atoms with Gasteiger partial charge in [0, 0.05) is 22.3 Å². The van der Waals surface area contributed by atoms with Gasteiger partial charge in [-0.15, -0.1) is 34.3 Å². The molecule has 0 amide bonds.